The topological polar surface area (TPSA) is 59.1 Å². The summed E-state index contributed by atoms with van der Waals surface area (Å²) < 4.78 is 11.7. The molecule has 5 aliphatic heterocycles. The molecule has 29 heavy (non-hydrogen) atoms. The Hall–Kier alpha value is -2.18. The minimum Gasteiger partial charge on any atom is -0.497 e. The van der Waals surface area contributed by atoms with Crippen LogP contribution in [0.3, 0.4) is 0 Å². The molecule has 1 aromatic rings. The van der Waals surface area contributed by atoms with E-state index in [4.69, 9.17) is 9.47 Å². The number of carbonyl (C=O) groups is 2. The molecule has 5 atom stereocenters. The Morgan fingerprint density at radius 3 is 2.93 bits per heavy atom. The zero-order chi connectivity index (χ0) is 19.9. The number of ketones is 1. The van der Waals surface area contributed by atoms with Crippen LogP contribution in [0.5, 0.6) is 5.75 Å². The van der Waals surface area contributed by atoms with Gasteiger partial charge in [0.2, 0.25) is 5.91 Å². The van der Waals surface area contributed by atoms with Gasteiger partial charge in [0.1, 0.15) is 11.5 Å². The van der Waals surface area contributed by atoms with Crippen molar-refractivity contribution >= 4 is 17.4 Å². The lowest BCUT2D eigenvalue weighted by Gasteiger charge is -2.53. The smallest absolute Gasteiger partial charge is 0.229 e. The van der Waals surface area contributed by atoms with E-state index in [-0.39, 0.29) is 35.7 Å². The van der Waals surface area contributed by atoms with Crippen LogP contribution in [0.2, 0.25) is 0 Å². The fourth-order valence-electron chi connectivity index (χ4n) is 6.80. The number of piperidine rings is 1. The molecular weight excluding hydrogens is 368 g/mol. The molecule has 4 fully saturated rings. The molecule has 152 valence electrons. The van der Waals surface area contributed by atoms with Crippen LogP contribution < -0.4 is 9.64 Å². The summed E-state index contributed by atoms with van der Waals surface area (Å²) in [5.41, 5.74) is 2.54. The minimum absolute atomic E-state index is 0.0668. The summed E-state index contributed by atoms with van der Waals surface area (Å²) in [5, 5.41) is 0. The highest BCUT2D eigenvalue weighted by Gasteiger charge is 2.67. The van der Waals surface area contributed by atoms with E-state index in [1.54, 1.807) is 7.11 Å². The first-order valence-corrected chi connectivity index (χ1v) is 10.6. The van der Waals surface area contributed by atoms with Crippen LogP contribution in [0.25, 0.3) is 0 Å². The third-order valence-electron chi connectivity index (χ3n) is 8.01. The van der Waals surface area contributed by atoms with Crippen LogP contribution in [-0.4, -0.2) is 62.6 Å². The van der Waals surface area contributed by atoms with Gasteiger partial charge in [-0.1, -0.05) is 17.7 Å². The Kier molecular flexibility index (Phi) is 3.61. The van der Waals surface area contributed by atoms with Crippen LogP contribution in [-0.2, 0) is 19.7 Å². The van der Waals surface area contributed by atoms with Crippen LogP contribution in [0.4, 0.5) is 5.69 Å². The van der Waals surface area contributed by atoms with Gasteiger partial charge in [0, 0.05) is 24.9 Å². The van der Waals surface area contributed by atoms with Gasteiger partial charge in [-0.25, -0.2) is 0 Å². The van der Waals surface area contributed by atoms with Gasteiger partial charge in [-0.15, -0.1) is 0 Å². The largest absolute Gasteiger partial charge is 0.497 e. The van der Waals surface area contributed by atoms with Gasteiger partial charge in [-0.05, 0) is 37.6 Å². The molecule has 1 aromatic carbocycles. The van der Waals surface area contributed by atoms with E-state index >= 15 is 0 Å². The molecule has 1 spiro atoms. The zero-order valence-electron chi connectivity index (χ0n) is 16.9. The second kappa shape index (κ2) is 5.92. The summed E-state index contributed by atoms with van der Waals surface area (Å²) >= 11 is 0. The summed E-state index contributed by atoms with van der Waals surface area (Å²) in [6, 6.07) is 5.74. The molecule has 7 rings (SSSR count). The van der Waals surface area contributed by atoms with Crippen LogP contribution in [0, 0.1) is 11.8 Å². The number of rotatable bonds is 1. The Balaban J connectivity index is 1.64. The number of likely N-dealkylation sites (N-methyl/N-ethyl adjacent to an activating group) is 1. The molecule has 5 heterocycles. The first kappa shape index (κ1) is 17.7. The van der Waals surface area contributed by atoms with Crippen molar-refractivity contribution in [3.8, 4) is 5.75 Å². The van der Waals surface area contributed by atoms with Crippen molar-refractivity contribution in [3.63, 3.8) is 0 Å². The maximum Gasteiger partial charge on any atom is 0.229 e. The van der Waals surface area contributed by atoms with Gasteiger partial charge in [0.05, 0.1) is 43.4 Å². The number of anilines is 1. The van der Waals surface area contributed by atoms with Gasteiger partial charge in [0.25, 0.3) is 0 Å². The second-order valence-corrected chi connectivity index (χ2v) is 9.22. The molecule has 0 aromatic heterocycles. The van der Waals surface area contributed by atoms with Crippen LogP contribution in [0.1, 0.15) is 24.8 Å². The first-order chi connectivity index (χ1) is 14.0. The highest BCUT2D eigenvalue weighted by Crippen LogP contribution is 2.60. The average molecular weight is 394 g/mol. The van der Waals surface area contributed by atoms with E-state index in [1.807, 2.05) is 23.1 Å². The number of carbonyl (C=O) groups excluding carboxylic acids is 2. The standard InChI is InChI=1S/C23H26N2O4/c1-24-7-6-23-16-4-3-14(28-2)9-17(16)25-20(27)11-18-21(22(23)25)15(10-19(23)26)13(12-24)5-8-29-18/h3-5,9,15,18,21-22H,6-8,10-12H2,1-2H3. The van der Waals surface area contributed by atoms with Gasteiger partial charge >= 0.3 is 0 Å². The van der Waals surface area contributed by atoms with Gasteiger partial charge in [-0.2, -0.15) is 0 Å². The quantitative estimate of drug-likeness (QED) is 0.681. The lowest BCUT2D eigenvalue weighted by Crippen LogP contribution is -2.66. The van der Waals surface area contributed by atoms with Crippen molar-refractivity contribution in [2.75, 3.05) is 38.8 Å². The van der Waals surface area contributed by atoms with Crippen molar-refractivity contribution in [2.45, 2.75) is 36.8 Å². The molecule has 6 aliphatic rings. The predicted octanol–water partition coefficient (Wildman–Crippen LogP) is 1.92. The molecule has 4 bridgehead atoms. The Morgan fingerprint density at radius 1 is 1.24 bits per heavy atom. The SMILES string of the molecule is COc1ccc2c(c1)N1C(=O)CC3OCC=C4CN(C)CCC25C(=O)CC4C3C15. The van der Waals surface area contributed by atoms with Crippen molar-refractivity contribution in [3.05, 3.63) is 35.4 Å². The van der Waals surface area contributed by atoms with Crippen molar-refractivity contribution < 1.29 is 19.1 Å². The molecule has 3 saturated heterocycles. The number of hydrogen-bond donors (Lipinski definition) is 0. The number of nitrogens with zero attached hydrogens (tertiary/aromatic N) is 2. The fourth-order valence-corrected chi connectivity index (χ4v) is 6.80. The summed E-state index contributed by atoms with van der Waals surface area (Å²) in [6.45, 7) is 2.23. The monoisotopic (exact) mass is 394 g/mol. The van der Waals surface area contributed by atoms with E-state index in [0.717, 1.165) is 36.5 Å². The number of fused-ring (bicyclic) bond motifs is 6. The van der Waals surface area contributed by atoms with Crippen molar-refractivity contribution in [2.24, 2.45) is 11.8 Å². The molecule has 1 aliphatic carbocycles. The third-order valence-corrected chi connectivity index (χ3v) is 8.01. The lowest BCUT2D eigenvalue weighted by molar-refractivity contribution is -0.140. The van der Waals surface area contributed by atoms with Crippen molar-refractivity contribution in [1.82, 2.24) is 4.90 Å². The maximum absolute atomic E-state index is 13.9. The van der Waals surface area contributed by atoms with E-state index in [9.17, 15) is 9.59 Å². The zero-order valence-corrected chi connectivity index (χ0v) is 16.9. The highest BCUT2D eigenvalue weighted by molar-refractivity contribution is 6.06. The van der Waals surface area contributed by atoms with Crippen molar-refractivity contribution in [1.29, 1.82) is 0 Å². The lowest BCUT2D eigenvalue weighted by atomic mass is 9.55. The average Bonchev–Trinajstić information content (AvgIpc) is 2.95. The van der Waals surface area contributed by atoms with Crippen LogP contribution >= 0.6 is 0 Å². The third kappa shape index (κ3) is 2.14. The Bertz CT molecular complexity index is 956. The Labute approximate surface area is 170 Å². The van der Waals surface area contributed by atoms with Gasteiger partial charge in [0.15, 0.2) is 0 Å². The predicted molar refractivity (Wildman–Crippen MR) is 107 cm³/mol. The normalized spacial score (nSPS) is 38.0. The van der Waals surface area contributed by atoms with Crippen LogP contribution in [0.15, 0.2) is 29.8 Å². The van der Waals surface area contributed by atoms with E-state index in [1.165, 1.54) is 5.57 Å². The number of Topliss-reactive ketones (excluding diaryl/α,β-unsaturated/α-hetero) is 1. The molecule has 0 N–H and O–H groups in total. The molecule has 1 saturated carbocycles. The summed E-state index contributed by atoms with van der Waals surface area (Å²) in [6.07, 6.45) is 3.73. The molecule has 5 unspecified atom stereocenters. The molecule has 0 radical (unpaired) electrons. The van der Waals surface area contributed by atoms with E-state index in [0.29, 0.717) is 19.4 Å². The molecule has 6 nitrogen and oxygen atoms in total. The summed E-state index contributed by atoms with van der Waals surface area (Å²) in [7, 11) is 3.77. The first-order valence-electron chi connectivity index (χ1n) is 10.6. The van der Waals surface area contributed by atoms with Gasteiger partial charge in [-0.3, -0.25) is 9.59 Å². The second-order valence-electron chi connectivity index (χ2n) is 9.22. The maximum atomic E-state index is 13.9. The minimum atomic E-state index is -0.644. The van der Waals surface area contributed by atoms with Gasteiger partial charge < -0.3 is 19.3 Å². The summed E-state index contributed by atoms with van der Waals surface area (Å²) in [4.78, 5) is 31.5. The highest BCUT2D eigenvalue weighted by atomic mass is 16.5. The number of amides is 1. The molecular formula is C23H26N2O4. The summed E-state index contributed by atoms with van der Waals surface area (Å²) in [5.74, 6) is 1.38. The fraction of sp³-hybridized carbons (Fsp3) is 0.565. The molecule has 6 heteroatoms. The van der Waals surface area contributed by atoms with E-state index < -0.39 is 5.41 Å². The number of ether oxygens (including phenoxy) is 2. The molecule has 1 amide bonds. The number of methoxy groups -OCH3 is 1. The number of hydrogen-bond acceptors (Lipinski definition) is 5. The number of benzene rings is 1. The van der Waals surface area contributed by atoms with E-state index in [2.05, 4.69) is 18.0 Å². The Morgan fingerprint density at radius 2 is 2.10 bits per heavy atom.